The van der Waals surface area contributed by atoms with Gasteiger partial charge in [0, 0.05) is 13.0 Å². The molecule has 5 heteroatoms. The van der Waals surface area contributed by atoms with Gasteiger partial charge in [0.2, 0.25) is 12.3 Å². The summed E-state index contributed by atoms with van der Waals surface area (Å²) in [5, 5.41) is 10.8. The van der Waals surface area contributed by atoms with Gasteiger partial charge in [-0.3, -0.25) is 9.59 Å². The van der Waals surface area contributed by atoms with Crippen molar-refractivity contribution in [3.8, 4) is 0 Å². The number of nitrogens with zero attached hydrogens (tertiary/aromatic N) is 1. The number of carbonyl (C=O) groups is 2. The van der Waals surface area contributed by atoms with E-state index < -0.39 is 0 Å². The van der Waals surface area contributed by atoms with Gasteiger partial charge in [-0.1, -0.05) is 62.6 Å². The van der Waals surface area contributed by atoms with Crippen LogP contribution in [0, 0.1) is 0 Å². The number of carbonyl (C=O) groups excluding carboxylic acids is 2. The van der Waals surface area contributed by atoms with Crippen LogP contribution in [0.4, 0.5) is 0 Å². The first-order valence-electron chi connectivity index (χ1n) is 8.95. The van der Waals surface area contributed by atoms with Crippen LogP contribution in [-0.2, 0) is 16.1 Å². The molecule has 0 spiro atoms. The fourth-order valence-electron chi connectivity index (χ4n) is 2.55. The average molecular weight is 368 g/mol. The minimum atomic E-state index is 0.0200. The van der Waals surface area contributed by atoms with Gasteiger partial charge < -0.3 is 15.3 Å². The first-order valence-corrected chi connectivity index (χ1v) is 8.95. The number of nitrogens with one attached hydrogen (secondary N) is 1. The second kappa shape index (κ2) is 12.4. The molecule has 0 radical (unpaired) electrons. The van der Waals surface area contributed by atoms with Gasteiger partial charge in [0.25, 0.3) is 0 Å². The fraction of sp³-hybridized carbons (Fsp3) is 0.273. The molecule has 0 bridgehead atoms. The summed E-state index contributed by atoms with van der Waals surface area (Å²) in [4.78, 5) is 23.5. The number of rotatable bonds is 7. The predicted octanol–water partition coefficient (Wildman–Crippen LogP) is 3.19. The van der Waals surface area contributed by atoms with Crippen LogP contribution in [0.1, 0.15) is 30.9 Å². The first-order chi connectivity index (χ1) is 13.1. The van der Waals surface area contributed by atoms with Crippen molar-refractivity contribution in [2.24, 2.45) is 0 Å². The van der Waals surface area contributed by atoms with E-state index in [1.165, 1.54) is 0 Å². The number of benzene rings is 1. The number of allylic oxidation sites excluding steroid dienone is 4. The van der Waals surface area contributed by atoms with Crippen LogP contribution in [0.3, 0.4) is 0 Å². The molecular formula is C22H28N2O3. The minimum absolute atomic E-state index is 0.0200. The fourth-order valence-corrected chi connectivity index (χ4v) is 2.55. The van der Waals surface area contributed by atoms with Crippen LogP contribution in [0.5, 0.6) is 0 Å². The number of hydrogen-bond acceptors (Lipinski definition) is 3. The van der Waals surface area contributed by atoms with Crippen molar-refractivity contribution >= 4 is 18.4 Å². The van der Waals surface area contributed by atoms with Crippen molar-refractivity contribution in [2.75, 3.05) is 13.2 Å². The Hall–Kier alpha value is -2.92. The maximum atomic E-state index is 11.3. The van der Waals surface area contributed by atoms with E-state index in [4.69, 9.17) is 5.11 Å². The Morgan fingerprint density at radius 3 is 2.59 bits per heavy atom. The highest BCUT2D eigenvalue weighted by atomic mass is 16.3. The molecule has 0 aliphatic carbocycles. The molecule has 0 saturated heterocycles. The molecule has 27 heavy (non-hydrogen) atoms. The summed E-state index contributed by atoms with van der Waals surface area (Å²) < 4.78 is 0. The number of fused-ring (bicyclic) bond motifs is 1. The molecule has 2 rings (SSSR count). The van der Waals surface area contributed by atoms with Crippen LogP contribution in [0.2, 0.25) is 0 Å². The molecule has 0 fully saturated rings. The summed E-state index contributed by atoms with van der Waals surface area (Å²) in [6, 6.07) is 8.02. The summed E-state index contributed by atoms with van der Waals surface area (Å²) >= 11 is 0. The highest BCUT2D eigenvalue weighted by molar-refractivity contribution is 5.75. The van der Waals surface area contributed by atoms with E-state index in [1.807, 2.05) is 43.3 Å². The summed E-state index contributed by atoms with van der Waals surface area (Å²) in [5.74, 6) is 0.0200. The molecule has 1 aliphatic rings. The number of aliphatic hydroxyl groups is 1. The lowest BCUT2D eigenvalue weighted by Crippen LogP contribution is -2.25. The van der Waals surface area contributed by atoms with E-state index in [0.29, 0.717) is 19.5 Å². The average Bonchev–Trinajstić information content (AvgIpc) is 2.68. The molecule has 2 amide bonds. The van der Waals surface area contributed by atoms with Crippen molar-refractivity contribution in [3.05, 3.63) is 78.0 Å². The van der Waals surface area contributed by atoms with Crippen LogP contribution in [-0.4, -0.2) is 35.5 Å². The summed E-state index contributed by atoms with van der Waals surface area (Å²) in [6.45, 7) is 10.4. The molecule has 2 N–H and O–H groups in total. The SMILES string of the molecule is C=CC1=C(\C=C)N(C=O)Cc2ccccc2/C=C\1.CCCC(=O)NCCO. The van der Waals surface area contributed by atoms with E-state index >= 15 is 0 Å². The topological polar surface area (TPSA) is 69.6 Å². The van der Waals surface area contributed by atoms with Gasteiger partial charge in [-0.25, -0.2) is 0 Å². The van der Waals surface area contributed by atoms with Crippen LogP contribution < -0.4 is 5.32 Å². The molecular weight excluding hydrogens is 340 g/mol. The van der Waals surface area contributed by atoms with E-state index in [-0.39, 0.29) is 12.5 Å². The molecule has 0 aromatic heterocycles. The Bertz CT molecular complexity index is 720. The number of amides is 2. The Labute approximate surface area is 161 Å². The molecule has 1 heterocycles. The lowest BCUT2D eigenvalue weighted by Gasteiger charge is -2.23. The third-order valence-electron chi connectivity index (χ3n) is 3.89. The predicted molar refractivity (Wildman–Crippen MR) is 110 cm³/mol. The van der Waals surface area contributed by atoms with Gasteiger partial charge in [-0.2, -0.15) is 0 Å². The first kappa shape index (κ1) is 22.1. The summed E-state index contributed by atoms with van der Waals surface area (Å²) in [7, 11) is 0. The zero-order chi connectivity index (χ0) is 20.1. The smallest absolute Gasteiger partial charge is 0.220 e. The number of aliphatic hydroxyl groups excluding tert-OH is 1. The van der Waals surface area contributed by atoms with Crippen molar-refractivity contribution in [3.63, 3.8) is 0 Å². The van der Waals surface area contributed by atoms with Gasteiger partial charge in [0.05, 0.1) is 18.8 Å². The largest absolute Gasteiger partial charge is 0.395 e. The minimum Gasteiger partial charge on any atom is -0.395 e. The summed E-state index contributed by atoms with van der Waals surface area (Å²) in [6.07, 6.45) is 9.66. The molecule has 1 aliphatic heterocycles. The Morgan fingerprint density at radius 2 is 2.00 bits per heavy atom. The van der Waals surface area contributed by atoms with Gasteiger partial charge in [-0.05, 0) is 29.2 Å². The Morgan fingerprint density at radius 1 is 1.26 bits per heavy atom. The van der Waals surface area contributed by atoms with E-state index in [1.54, 1.807) is 17.1 Å². The standard InChI is InChI=1S/C16H15NO.C6H13NO2/c1-3-13-9-10-14-7-5-6-8-15(14)11-17(12-18)16(13)4-2;1-2-3-6(9)7-4-5-8/h3-10,12H,1-2,11H2;8H,2-5H2,1H3,(H,7,9)/b10-9-,16-13-;. The van der Waals surface area contributed by atoms with Crippen LogP contribution in [0.25, 0.3) is 6.08 Å². The number of hydrogen-bond donors (Lipinski definition) is 2. The van der Waals surface area contributed by atoms with E-state index in [0.717, 1.165) is 35.2 Å². The van der Waals surface area contributed by atoms with Gasteiger partial charge >= 0.3 is 0 Å². The molecule has 0 saturated carbocycles. The van der Waals surface area contributed by atoms with Crippen LogP contribution >= 0.6 is 0 Å². The second-order valence-electron chi connectivity index (χ2n) is 5.84. The van der Waals surface area contributed by atoms with E-state index in [9.17, 15) is 9.59 Å². The highest BCUT2D eigenvalue weighted by Crippen LogP contribution is 2.23. The van der Waals surface area contributed by atoms with Gasteiger partial charge in [0.15, 0.2) is 0 Å². The Kier molecular flexibility index (Phi) is 10.2. The van der Waals surface area contributed by atoms with E-state index in [2.05, 4.69) is 18.5 Å². The molecule has 5 nitrogen and oxygen atoms in total. The van der Waals surface area contributed by atoms with Crippen molar-refractivity contribution < 1.29 is 14.7 Å². The molecule has 0 atom stereocenters. The van der Waals surface area contributed by atoms with Crippen molar-refractivity contribution in [1.29, 1.82) is 0 Å². The maximum absolute atomic E-state index is 11.3. The molecule has 0 unspecified atom stereocenters. The second-order valence-corrected chi connectivity index (χ2v) is 5.84. The lowest BCUT2D eigenvalue weighted by molar-refractivity contribution is -0.121. The maximum Gasteiger partial charge on any atom is 0.220 e. The zero-order valence-electron chi connectivity index (χ0n) is 15.9. The van der Waals surface area contributed by atoms with Crippen molar-refractivity contribution in [1.82, 2.24) is 10.2 Å². The van der Waals surface area contributed by atoms with Gasteiger partial charge in [0.1, 0.15) is 0 Å². The van der Waals surface area contributed by atoms with Crippen molar-refractivity contribution in [2.45, 2.75) is 26.3 Å². The Balaban J connectivity index is 0.000000345. The molecule has 144 valence electrons. The lowest BCUT2D eigenvalue weighted by atomic mass is 10.0. The third-order valence-corrected chi connectivity index (χ3v) is 3.89. The molecule has 1 aromatic rings. The van der Waals surface area contributed by atoms with Gasteiger partial charge in [-0.15, -0.1) is 0 Å². The summed E-state index contributed by atoms with van der Waals surface area (Å²) in [5.41, 5.74) is 3.91. The zero-order valence-corrected chi connectivity index (χ0v) is 15.9. The molecule has 1 aromatic carbocycles. The van der Waals surface area contributed by atoms with Crippen LogP contribution in [0.15, 0.2) is 66.9 Å². The third kappa shape index (κ3) is 7.07. The normalized spacial score (nSPS) is 16.6. The monoisotopic (exact) mass is 368 g/mol. The highest BCUT2D eigenvalue weighted by Gasteiger charge is 2.13. The quantitative estimate of drug-likeness (QED) is 0.726.